The summed E-state index contributed by atoms with van der Waals surface area (Å²) in [4.78, 5) is 2.45. The van der Waals surface area contributed by atoms with Crippen molar-refractivity contribution in [2.75, 3.05) is 26.7 Å². The lowest BCUT2D eigenvalue weighted by atomic mass is 10.1. The summed E-state index contributed by atoms with van der Waals surface area (Å²) in [6.07, 6.45) is 5.34. The largest absolute Gasteiger partial charge is 0.314 e. The van der Waals surface area contributed by atoms with Crippen molar-refractivity contribution in [3.8, 4) is 0 Å². The van der Waals surface area contributed by atoms with E-state index in [0.717, 1.165) is 12.0 Å². The van der Waals surface area contributed by atoms with Gasteiger partial charge in [-0.3, -0.25) is 0 Å². The highest BCUT2D eigenvalue weighted by Gasteiger charge is 2.14. The van der Waals surface area contributed by atoms with Gasteiger partial charge < -0.3 is 10.2 Å². The average Bonchev–Trinajstić information content (AvgIpc) is 2.39. The molecule has 0 aromatic rings. The van der Waals surface area contributed by atoms with Gasteiger partial charge in [0, 0.05) is 6.04 Å². The van der Waals surface area contributed by atoms with Crippen LogP contribution in [0.3, 0.4) is 0 Å². The summed E-state index contributed by atoms with van der Waals surface area (Å²) < 4.78 is 0. The highest BCUT2D eigenvalue weighted by molar-refractivity contribution is 4.74. The van der Waals surface area contributed by atoms with E-state index in [-0.39, 0.29) is 0 Å². The molecule has 2 heteroatoms. The highest BCUT2D eigenvalue weighted by atomic mass is 15.1. The molecule has 1 aliphatic heterocycles. The van der Waals surface area contributed by atoms with Crippen molar-refractivity contribution in [2.45, 2.75) is 45.6 Å². The molecule has 2 nitrogen and oxygen atoms in total. The number of nitrogens with zero attached hydrogens (tertiary/aromatic N) is 1. The predicted octanol–water partition coefficient (Wildman–Crippen LogP) is 2.11. The Balaban J connectivity index is 2.17. The lowest BCUT2D eigenvalue weighted by Gasteiger charge is -2.19. The molecule has 14 heavy (non-hydrogen) atoms. The fraction of sp³-hybridized carbons (Fsp3) is 1.00. The van der Waals surface area contributed by atoms with Gasteiger partial charge in [0.1, 0.15) is 0 Å². The zero-order chi connectivity index (χ0) is 10.4. The summed E-state index contributed by atoms with van der Waals surface area (Å²) in [5.41, 5.74) is 0. The van der Waals surface area contributed by atoms with Crippen LogP contribution in [-0.2, 0) is 0 Å². The minimum absolute atomic E-state index is 0.772. The fourth-order valence-corrected chi connectivity index (χ4v) is 1.96. The van der Waals surface area contributed by atoms with Crippen LogP contribution in [0.2, 0.25) is 0 Å². The number of rotatable bonds is 4. The molecule has 1 fully saturated rings. The molecule has 1 aliphatic rings. The van der Waals surface area contributed by atoms with Gasteiger partial charge in [-0.25, -0.2) is 0 Å². The standard InChI is InChI=1S/C12H26N2/c1-4-11(2)10-13-12-6-5-8-14(3)9-7-12/h11-13H,4-10H2,1-3H3. The molecule has 84 valence electrons. The van der Waals surface area contributed by atoms with Gasteiger partial charge in [-0.1, -0.05) is 20.3 Å². The van der Waals surface area contributed by atoms with Crippen LogP contribution in [0.15, 0.2) is 0 Å². The van der Waals surface area contributed by atoms with Crippen molar-refractivity contribution >= 4 is 0 Å². The van der Waals surface area contributed by atoms with E-state index >= 15 is 0 Å². The van der Waals surface area contributed by atoms with Gasteiger partial charge in [-0.2, -0.15) is 0 Å². The minimum atomic E-state index is 0.772. The summed E-state index contributed by atoms with van der Waals surface area (Å²) in [5.74, 6) is 0.830. The molecule has 0 aliphatic carbocycles. The summed E-state index contributed by atoms with van der Waals surface area (Å²) >= 11 is 0. The van der Waals surface area contributed by atoms with Gasteiger partial charge in [0.05, 0.1) is 0 Å². The summed E-state index contributed by atoms with van der Waals surface area (Å²) in [5, 5.41) is 3.71. The Morgan fingerprint density at radius 2 is 2.14 bits per heavy atom. The van der Waals surface area contributed by atoms with E-state index in [9.17, 15) is 0 Å². The first-order valence-corrected chi connectivity index (χ1v) is 6.14. The van der Waals surface area contributed by atoms with Crippen LogP contribution in [0.1, 0.15) is 39.5 Å². The quantitative estimate of drug-likeness (QED) is 0.744. The van der Waals surface area contributed by atoms with E-state index in [1.807, 2.05) is 0 Å². The molecule has 0 amide bonds. The summed E-state index contributed by atoms with van der Waals surface area (Å²) in [6, 6.07) is 0.772. The van der Waals surface area contributed by atoms with Crippen LogP contribution in [0.25, 0.3) is 0 Å². The highest BCUT2D eigenvalue weighted by Crippen LogP contribution is 2.10. The van der Waals surface area contributed by atoms with Crippen molar-refractivity contribution in [3.63, 3.8) is 0 Å². The first-order chi connectivity index (χ1) is 6.72. The summed E-state index contributed by atoms with van der Waals surface area (Å²) in [7, 11) is 2.23. The molecule has 0 spiro atoms. The first-order valence-electron chi connectivity index (χ1n) is 6.14. The fourth-order valence-electron chi connectivity index (χ4n) is 1.96. The Bertz CT molecular complexity index is 147. The zero-order valence-corrected chi connectivity index (χ0v) is 10.1. The molecule has 1 heterocycles. The maximum Gasteiger partial charge on any atom is 0.00798 e. The molecule has 0 saturated carbocycles. The number of nitrogens with one attached hydrogen (secondary N) is 1. The molecule has 0 aromatic carbocycles. The molecular weight excluding hydrogens is 172 g/mol. The molecule has 2 unspecified atom stereocenters. The molecule has 0 bridgehead atoms. The van der Waals surface area contributed by atoms with E-state index < -0.39 is 0 Å². The van der Waals surface area contributed by atoms with Crippen molar-refractivity contribution < 1.29 is 0 Å². The van der Waals surface area contributed by atoms with Crippen molar-refractivity contribution in [1.82, 2.24) is 10.2 Å². The third kappa shape index (κ3) is 4.43. The van der Waals surface area contributed by atoms with Crippen LogP contribution < -0.4 is 5.32 Å². The van der Waals surface area contributed by atoms with Crippen molar-refractivity contribution in [2.24, 2.45) is 5.92 Å². The van der Waals surface area contributed by atoms with Crippen LogP contribution >= 0.6 is 0 Å². The predicted molar refractivity (Wildman–Crippen MR) is 62.6 cm³/mol. The Morgan fingerprint density at radius 3 is 2.86 bits per heavy atom. The topological polar surface area (TPSA) is 15.3 Å². The molecule has 0 radical (unpaired) electrons. The Hall–Kier alpha value is -0.0800. The van der Waals surface area contributed by atoms with Gasteiger partial charge >= 0.3 is 0 Å². The number of hydrogen-bond acceptors (Lipinski definition) is 2. The third-order valence-electron chi connectivity index (χ3n) is 3.40. The van der Waals surface area contributed by atoms with E-state index in [4.69, 9.17) is 0 Å². The average molecular weight is 198 g/mol. The van der Waals surface area contributed by atoms with Gasteiger partial charge in [-0.15, -0.1) is 0 Å². The summed E-state index contributed by atoms with van der Waals surface area (Å²) in [6.45, 7) is 8.34. The molecule has 0 aromatic heterocycles. The van der Waals surface area contributed by atoms with E-state index in [2.05, 4.69) is 31.1 Å². The molecule has 1 N–H and O–H groups in total. The Morgan fingerprint density at radius 1 is 1.36 bits per heavy atom. The molecule has 1 saturated heterocycles. The van der Waals surface area contributed by atoms with Crippen LogP contribution in [-0.4, -0.2) is 37.6 Å². The van der Waals surface area contributed by atoms with Crippen LogP contribution in [0, 0.1) is 5.92 Å². The van der Waals surface area contributed by atoms with E-state index in [0.29, 0.717) is 0 Å². The zero-order valence-electron chi connectivity index (χ0n) is 10.1. The SMILES string of the molecule is CCC(C)CNC1CCCN(C)CC1. The second-order valence-corrected chi connectivity index (χ2v) is 4.85. The van der Waals surface area contributed by atoms with Crippen LogP contribution in [0.5, 0.6) is 0 Å². The number of likely N-dealkylation sites (tertiary alicyclic amines) is 1. The van der Waals surface area contributed by atoms with Gasteiger partial charge in [0.25, 0.3) is 0 Å². The second kappa shape index (κ2) is 6.41. The van der Waals surface area contributed by atoms with Crippen molar-refractivity contribution in [1.29, 1.82) is 0 Å². The smallest absolute Gasteiger partial charge is 0.00798 e. The maximum atomic E-state index is 3.71. The molecular formula is C12H26N2. The normalized spacial score (nSPS) is 27.2. The minimum Gasteiger partial charge on any atom is -0.314 e. The lowest BCUT2D eigenvalue weighted by molar-refractivity contribution is 0.341. The monoisotopic (exact) mass is 198 g/mol. The van der Waals surface area contributed by atoms with Gasteiger partial charge in [-0.05, 0) is 51.9 Å². The second-order valence-electron chi connectivity index (χ2n) is 4.85. The van der Waals surface area contributed by atoms with Gasteiger partial charge in [0.2, 0.25) is 0 Å². The lowest BCUT2D eigenvalue weighted by Crippen LogP contribution is -2.33. The van der Waals surface area contributed by atoms with Gasteiger partial charge in [0.15, 0.2) is 0 Å². The molecule has 1 rings (SSSR count). The Kier molecular flexibility index (Phi) is 5.49. The molecule has 2 atom stereocenters. The Labute approximate surface area is 89.1 Å². The van der Waals surface area contributed by atoms with E-state index in [1.54, 1.807) is 0 Å². The van der Waals surface area contributed by atoms with Crippen molar-refractivity contribution in [3.05, 3.63) is 0 Å². The number of hydrogen-bond donors (Lipinski definition) is 1. The van der Waals surface area contributed by atoms with E-state index in [1.165, 1.54) is 45.3 Å². The third-order valence-corrected chi connectivity index (χ3v) is 3.40. The van der Waals surface area contributed by atoms with Crippen LogP contribution in [0.4, 0.5) is 0 Å². The maximum absolute atomic E-state index is 3.71. The first kappa shape index (κ1) is 12.0.